The Balaban J connectivity index is 2.20. The van der Waals surface area contributed by atoms with Gasteiger partial charge in [0.2, 0.25) is 0 Å². The summed E-state index contributed by atoms with van der Waals surface area (Å²) in [4.78, 5) is -1.33. The summed E-state index contributed by atoms with van der Waals surface area (Å²) < 4.78 is 70.4. The fourth-order valence-electron chi connectivity index (χ4n) is 2.98. The van der Waals surface area contributed by atoms with Gasteiger partial charge in [-0.1, -0.05) is 0 Å². The molecule has 0 unspecified atom stereocenters. The lowest BCUT2D eigenvalue weighted by Crippen LogP contribution is -2.04. The van der Waals surface area contributed by atoms with Gasteiger partial charge in [-0.3, -0.25) is 9.11 Å². The van der Waals surface area contributed by atoms with Gasteiger partial charge in [0.25, 0.3) is 20.2 Å². The lowest BCUT2D eigenvalue weighted by molar-refractivity contribution is 0.202. The molecule has 0 heterocycles. The number of aryl methyl sites for hydroxylation is 1. The van der Waals surface area contributed by atoms with Gasteiger partial charge in [-0.15, -0.1) is 5.11 Å². The third-order valence-corrected chi connectivity index (χ3v) is 6.16. The molecule has 0 saturated carbocycles. The first-order chi connectivity index (χ1) is 15.3. The fraction of sp³-hybridized carbons (Fsp3) is 0.158. The Morgan fingerprint density at radius 3 is 2.06 bits per heavy atom. The SMILES string of the molecule is Cc1cc(OCCO)c(N)cc1N=Nc1cc(S(=O)(=O)O)cc2cc(S(=O)(=O)O)cc(O)c12. The van der Waals surface area contributed by atoms with Gasteiger partial charge in [-0.05, 0) is 48.2 Å². The largest absolute Gasteiger partial charge is 0.507 e. The van der Waals surface area contributed by atoms with Gasteiger partial charge in [0.1, 0.15) is 18.1 Å². The minimum Gasteiger partial charge on any atom is -0.507 e. The molecule has 0 spiro atoms. The molecule has 0 atom stereocenters. The zero-order valence-electron chi connectivity index (χ0n) is 17.0. The highest BCUT2D eigenvalue weighted by atomic mass is 32.2. The van der Waals surface area contributed by atoms with E-state index in [-0.39, 0.29) is 41.0 Å². The van der Waals surface area contributed by atoms with Crippen LogP contribution in [0.15, 0.2) is 56.4 Å². The highest BCUT2D eigenvalue weighted by Crippen LogP contribution is 2.39. The number of nitrogen functional groups attached to an aromatic ring is 1. The van der Waals surface area contributed by atoms with Crippen LogP contribution in [0.1, 0.15) is 5.56 Å². The van der Waals surface area contributed by atoms with Crippen molar-refractivity contribution in [1.29, 1.82) is 0 Å². The molecule has 0 aromatic heterocycles. The number of anilines is 1. The summed E-state index contributed by atoms with van der Waals surface area (Å²) in [6.07, 6.45) is 0. The molecular weight excluding hydrogens is 478 g/mol. The minimum atomic E-state index is -4.74. The molecule has 0 aliphatic carbocycles. The number of phenols is 1. The van der Waals surface area contributed by atoms with E-state index >= 15 is 0 Å². The second-order valence-corrected chi connectivity index (χ2v) is 9.72. The summed E-state index contributed by atoms with van der Waals surface area (Å²) in [5, 5.41) is 27.0. The third kappa shape index (κ3) is 5.37. The average Bonchev–Trinajstić information content (AvgIpc) is 2.71. The summed E-state index contributed by atoms with van der Waals surface area (Å²) in [6.45, 7) is 1.49. The molecule has 3 aromatic rings. The molecule has 3 aromatic carbocycles. The Kier molecular flexibility index (Phi) is 6.58. The van der Waals surface area contributed by atoms with Crippen molar-refractivity contribution in [3.05, 3.63) is 42.0 Å². The second-order valence-electron chi connectivity index (χ2n) is 6.88. The molecule has 12 nitrogen and oxygen atoms in total. The van der Waals surface area contributed by atoms with Gasteiger partial charge in [0, 0.05) is 6.07 Å². The molecule has 0 radical (unpaired) electrons. The predicted octanol–water partition coefficient (Wildman–Crippen LogP) is 2.72. The Bertz CT molecular complexity index is 1480. The monoisotopic (exact) mass is 497 g/mol. The molecule has 0 fully saturated rings. The van der Waals surface area contributed by atoms with Gasteiger partial charge in [-0.2, -0.15) is 21.9 Å². The van der Waals surface area contributed by atoms with Crippen LogP contribution in [-0.2, 0) is 20.2 Å². The first-order valence-corrected chi connectivity index (χ1v) is 12.0. The van der Waals surface area contributed by atoms with Gasteiger partial charge in [0.05, 0.1) is 38.8 Å². The van der Waals surface area contributed by atoms with Crippen LogP contribution >= 0.6 is 0 Å². The number of aliphatic hydroxyl groups excluding tert-OH is 1. The van der Waals surface area contributed by atoms with Crippen molar-refractivity contribution in [2.45, 2.75) is 16.7 Å². The Labute approximate surface area is 188 Å². The maximum atomic E-state index is 11.7. The number of nitrogens with two attached hydrogens (primary N) is 1. The van der Waals surface area contributed by atoms with Crippen LogP contribution in [0.4, 0.5) is 17.1 Å². The van der Waals surface area contributed by atoms with Crippen molar-refractivity contribution in [2.75, 3.05) is 18.9 Å². The summed E-state index contributed by atoms with van der Waals surface area (Å²) in [5.41, 5.74) is 6.73. The minimum absolute atomic E-state index is 0.0315. The van der Waals surface area contributed by atoms with Gasteiger partial charge < -0.3 is 20.7 Å². The maximum Gasteiger partial charge on any atom is 0.294 e. The van der Waals surface area contributed by atoms with Gasteiger partial charge >= 0.3 is 0 Å². The highest BCUT2D eigenvalue weighted by molar-refractivity contribution is 7.86. The van der Waals surface area contributed by atoms with Crippen molar-refractivity contribution >= 4 is 48.1 Å². The molecule has 33 heavy (non-hydrogen) atoms. The van der Waals surface area contributed by atoms with E-state index in [1.165, 1.54) is 6.07 Å². The second kappa shape index (κ2) is 8.92. The van der Waals surface area contributed by atoms with E-state index in [0.29, 0.717) is 11.3 Å². The van der Waals surface area contributed by atoms with Crippen LogP contribution in [0.3, 0.4) is 0 Å². The van der Waals surface area contributed by atoms with Crippen LogP contribution in [-0.4, -0.2) is 49.4 Å². The number of azo groups is 1. The van der Waals surface area contributed by atoms with Crippen LogP contribution < -0.4 is 10.5 Å². The topological polar surface area (TPSA) is 209 Å². The summed E-state index contributed by atoms with van der Waals surface area (Å²) >= 11 is 0. The van der Waals surface area contributed by atoms with E-state index < -0.39 is 35.8 Å². The Morgan fingerprint density at radius 1 is 0.909 bits per heavy atom. The normalized spacial score (nSPS) is 12.5. The number of ether oxygens (including phenoxy) is 1. The van der Waals surface area contributed by atoms with Crippen LogP contribution in [0.5, 0.6) is 11.5 Å². The Morgan fingerprint density at radius 2 is 1.48 bits per heavy atom. The van der Waals surface area contributed by atoms with Crippen molar-refractivity contribution in [3.8, 4) is 11.5 Å². The number of nitrogens with zero attached hydrogens (tertiary/aromatic N) is 2. The van der Waals surface area contributed by atoms with Crippen LogP contribution in [0, 0.1) is 6.92 Å². The lowest BCUT2D eigenvalue weighted by Gasteiger charge is -2.11. The number of hydrogen-bond acceptors (Lipinski definition) is 10. The first-order valence-electron chi connectivity index (χ1n) is 9.12. The van der Waals surface area contributed by atoms with Gasteiger partial charge in [-0.25, -0.2) is 0 Å². The molecular formula is C19H19N3O9S2. The fourth-order valence-corrected chi connectivity index (χ4v) is 4.05. The number of fused-ring (bicyclic) bond motifs is 1. The number of phenolic OH excluding ortho intramolecular Hbond substituents is 1. The molecule has 0 bridgehead atoms. The van der Waals surface area contributed by atoms with E-state index in [1.54, 1.807) is 13.0 Å². The molecule has 14 heteroatoms. The molecule has 0 aliphatic heterocycles. The summed E-state index contributed by atoms with van der Waals surface area (Å²) in [7, 11) is -9.46. The van der Waals surface area contributed by atoms with Crippen LogP contribution in [0.25, 0.3) is 10.8 Å². The lowest BCUT2D eigenvalue weighted by atomic mass is 10.1. The van der Waals surface area contributed by atoms with E-state index in [2.05, 4.69) is 10.2 Å². The van der Waals surface area contributed by atoms with E-state index in [9.17, 15) is 31.0 Å². The van der Waals surface area contributed by atoms with E-state index in [0.717, 1.165) is 24.3 Å². The Hall–Kier alpha value is -3.30. The smallest absolute Gasteiger partial charge is 0.294 e. The number of aliphatic hydroxyl groups is 1. The third-order valence-electron chi connectivity index (χ3n) is 4.49. The molecule has 0 aliphatic rings. The number of aromatic hydroxyl groups is 1. The first kappa shape index (κ1) is 24.3. The summed E-state index contributed by atoms with van der Waals surface area (Å²) in [6, 6.07) is 6.51. The van der Waals surface area contributed by atoms with Crippen molar-refractivity contribution in [2.24, 2.45) is 10.2 Å². The van der Waals surface area contributed by atoms with Crippen LogP contribution in [0.2, 0.25) is 0 Å². The van der Waals surface area contributed by atoms with Crippen molar-refractivity contribution in [1.82, 2.24) is 0 Å². The van der Waals surface area contributed by atoms with Crippen molar-refractivity contribution < 1.29 is 40.9 Å². The number of rotatable bonds is 7. The molecule has 176 valence electrons. The standard InChI is InChI=1S/C19H19N3O9S2/c1-10-4-18(31-3-2-23)14(20)9-15(10)21-22-16-7-12(32(25,26)27)5-11-6-13(33(28,29)30)8-17(24)19(11)16/h4-9,23-24H,2-3,20H2,1H3,(H,25,26,27)(H,28,29,30). The molecule has 6 N–H and O–H groups in total. The molecule has 0 saturated heterocycles. The highest BCUT2D eigenvalue weighted by Gasteiger charge is 2.20. The average molecular weight is 498 g/mol. The number of hydrogen-bond donors (Lipinski definition) is 5. The quantitative estimate of drug-likeness (QED) is 0.183. The zero-order valence-corrected chi connectivity index (χ0v) is 18.6. The molecule has 3 rings (SSSR count). The molecule has 0 amide bonds. The van der Waals surface area contributed by atoms with Crippen molar-refractivity contribution in [3.63, 3.8) is 0 Å². The summed E-state index contributed by atoms with van der Waals surface area (Å²) in [5.74, 6) is -0.311. The predicted molar refractivity (Wildman–Crippen MR) is 118 cm³/mol. The van der Waals surface area contributed by atoms with Gasteiger partial charge in [0.15, 0.2) is 0 Å². The van der Waals surface area contributed by atoms with E-state index in [4.69, 9.17) is 15.6 Å². The number of benzene rings is 3. The maximum absolute atomic E-state index is 11.7. The zero-order chi connectivity index (χ0) is 24.6. The van der Waals surface area contributed by atoms with E-state index in [1.807, 2.05) is 0 Å².